The molecule has 0 saturated carbocycles. The SMILES string of the molecule is C=CC=C(C=O)CC=C. The van der Waals surface area contributed by atoms with Crippen LogP contribution in [0.2, 0.25) is 0 Å². The lowest BCUT2D eigenvalue weighted by Crippen LogP contribution is -1.79. The highest BCUT2D eigenvalue weighted by Gasteiger charge is 1.85. The highest BCUT2D eigenvalue weighted by atomic mass is 16.1. The van der Waals surface area contributed by atoms with Gasteiger partial charge < -0.3 is 0 Å². The van der Waals surface area contributed by atoms with Crippen molar-refractivity contribution in [2.75, 3.05) is 0 Å². The highest BCUT2D eigenvalue weighted by Crippen LogP contribution is 1.96. The van der Waals surface area contributed by atoms with Crippen molar-refractivity contribution in [3.05, 3.63) is 37.0 Å². The fourth-order valence-corrected chi connectivity index (χ4v) is 0.473. The Morgan fingerprint density at radius 1 is 1.44 bits per heavy atom. The first kappa shape index (κ1) is 7.89. The number of allylic oxidation sites excluding steroid dienone is 4. The summed E-state index contributed by atoms with van der Waals surface area (Å²) in [6.45, 7) is 6.96. The minimum atomic E-state index is 0.621. The van der Waals surface area contributed by atoms with E-state index in [0.717, 1.165) is 6.29 Å². The lowest BCUT2D eigenvalue weighted by atomic mass is 10.2. The summed E-state index contributed by atoms with van der Waals surface area (Å²) < 4.78 is 0. The summed E-state index contributed by atoms with van der Waals surface area (Å²) in [5.74, 6) is 0. The van der Waals surface area contributed by atoms with Gasteiger partial charge in [0.15, 0.2) is 0 Å². The minimum Gasteiger partial charge on any atom is -0.298 e. The standard InChI is InChI=1S/C8H10O/c1-3-5-8(7-9)6-4-2/h3-5,7H,1-2,6H2. The van der Waals surface area contributed by atoms with Crippen LogP contribution in [0.5, 0.6) is 0 Å². The molecule has 0 unspecified atom stereocenters. The molecular formula is C8H10O. The third kappa shape index (κ3) is 3.47. The van der Waals surface area contributed by atoms with Crippen LogP contribution in [0.4, 0.5) is 0 Å². The summed E-state index contributed by atoms with van der Waals surface area (Å²) >= 11 is 0. The van der Waals surface area contributed by atoms with Gasteiger partial charge in [-0.25, -0.2) is 0 Å². The van der Waals surface area contributed by atoms with Crippen molar-refractivity contribution in [1.82, 2.24) is 0 Å². The normalized spacial score (nSPS) is 10.4. The van der Waals surface area contributed by atoms with E-state index in [0.29, 0.717) is 12.0 Å². The average Bonchev–Trinajstić information content (AvgIpc) is 1.88. The maximum Gasteiger partial charge on any atom is 0.146 e. The predicted octanol–water partition coefficient (Wildman–Crippen LogP) is 1.87. The number of carbonyl (C=O) groups is 1. The molecule has 0 bridgehead atoms. The van der Waals surface area contributed by atoms with E-state index in [4.69, 9.17) is 0 Å². The second kappa shape index (κ2) is 5.04. The van der Waals surface area contributed by atoms with E-state index in [2.05, 4.69) is 13.2 Å². The molecule has 0 amide bonds. The Bertz CT molecular complexity index is 143. The molecule has 0 aromatic rings. The van der Waals surface area contributed by atoms with Crippen molar-refractivity contribution >= 4 is 6.29 Å². The minimum absolute atomic E-state index is 0.621. The summed E-state index contributed by atoms with van der Waals surface area (Å²) in [5.41, 5.74) is 0.708. The molecule has 0 aliphatic rings. The Hall–Kier alpha value is -1.11. The topological polar surface area (TPSA) is 17.1 Å². The Labute approximate surface area is 55.4 Å². The molecule has 1 heteroatoms. The van der Waals surface area contributed by atoms with Gasteiger partial charge in [-0.3, -0.25) is 4.79 Å². The summed E-state index contributed by atoms with van der Waals surface area (Å²) in [7, 11) is 0. The fourth-order valence-electron chi connectivity index (χ4n) is 0.473. The molecule has 0 aliphatic heterocycles. The van der Waals surface area contributed by atoms with Crippen molar-refractivity contribution in [3.63, 3.8) is 0 Å². The van der Waals surface area contributed by atoms with Gasteiger partial charge in [-0.15, -0.1) is 6.58 Å². The van der Waals surface area contributed by atoms with Gasteiger partial charge in [0.25, 0.3) is 0 Å². The third-order valence-corrected chi connectivity index (χ3v) is 0.863. The third-order valence-electron chi connectivity index (χ3n) is 0.863. The molecule has 0 aromatic heterocycles. The van der Waals surface area contributed by atoms with Gasteiger partial charge in [0.1, 0.15) is 6.29 Å². The van der Waals surface area contributed by atoms with Crippen molar-refractivity contribution < 1.29 is 4.79 Å². The molecule has 0 atom stereocenters. The molecule has 0 radical (unpaired) electrons. The van der Waals surface area contributed by atoms with Gasteiger partial charge in [-0.1, -0.05) is 24.8 Å². The Morgan fingerprint density at radius 3 is 2.44 bits per heavy atom. The molecule has 0 saturated heterocycles. The van der Waals surface area contributed by atoms with E-state index >= 15 is 0 Å². The smallest absolute Gasteiger partial charge is 0.146 e. The van der Waals surface area contributed by atoms with Crippen molar-refractivity contribution in [2.45, 2.75) is 6.42 Å². The lowest BCUT2D eigenvalue weighted by Gasteiger charge is -1.87. The summed E-state index contributed by atoms with van der Waals surface area (Å²) in [4.78, 5) is 10.1. The molecule has 0 heterocycles. The van der Waals surface area contributed by atoms with Crippen LogP contribution < -0.4 is 0 Å². The van der Waals surface area contributed by atoms with Crippen LogP contribution >= 0.6 is 0 Å². The Kier molecular flexibility index (Phi) is 4.41. The summed E-state index contributed by atoms with van der Waals surface area (Å²) in [6.07, 6.45) is 6.38. The first-order valence-corrected chi connectivity index (χ1v) is 2.72. The van der Waals surface area contributed by atoms with Gasteiger partial charge in [0.2, 0.25) is 0 Å². The van der Waals surface area contributed by atoms with Crippen LogP contribution in [0.3, 0.4) is 0 Å². The molecular weight excluding hydrogens is 112 g/mol. The average molecular weight is 122 g/mol. The first-order valence-electron chi connectivity index (χ1n) is 2.72. The molecule has 9 heavy (non-hydrogen) atoms. The fraction of sp³-hybridized carbons (Fsp3) is 0.125. The van der Waals surface area contributed by atoms with Crippen molar-refractivity contribution in [3.8, 4) is 0 Å². The monoisotopic (exact) mass is 122 g/mol. The number of hydrogen-bond donors (Lipinski definition) is 0. The van der Waals surface area contributed by atoms with E-state index in [1.54, 1.807) is 18.2 Å². The number of aldehydes is 1. The van der Waals surface area contributed by atoms with Gasteiger partial charge in [0.05, 0.1) is 0 Å². The Morgan fingerprint density at radius 2 is 2.11 bits per heavy atom. The Balaban J connectivity index is 3.95. The molecule has 0 aromatic carbocycles. The van der Waals surface area contributed by atoms with Crippen LogP contribution in [0.15, 0.2) is 37.0 Å². The molecule has 0 spiro atoms. The molecule has 0 N–H and O–H groups in total. The zero-order valence-corrected chi connectivity index (χ0v) is 5.34. The molecule has 0 fully saturated rings. The summed E-state index contributed by atoms with van der Waals surface area (Å²) in [5, 5.41) is 0. The highest BCUT2D eigenvalue weighted by molar-refractivity contribution is 5.74. The van der Waals surface area contributed by atoms with Crippen LogP contribution in [0.25, 0.3) is 0 Å². The first-order chi connectivity index (χ1) is 4.35. The number of carbonyl (C=O) groups excluding carboxylic acids is 1. The van der Waals surface area contributed by atoms with Crippen LogP contribution in [0.1, 0.15) is 6.42 Å². The van der Waals surface area contributed by atoms with E-state index < -0.39 is 0 Å². The van der Waals surface area contributed by atoms with E-state index in [1.165, 1.54) is 0 Å². The second-order valence-corrected chi connectivity index (χ2v) is 1.59. The lowest BCUT2D eigenvalue weighted by molar-refractivity contribution is -0.104. The number of hydrogen-bond acceptors (Lipinski definition) is 1. The summed E-state index contributed by atoms with van der Waals surface area (Å²) in [6, 6.07) is 0. The molecule has 48 valence electrons. The van der Waals surface area contributed by atoms with Crippen LogP contribution in [-0.2, 0) is 4.79 Å². The zero-order valence-electron chi connectivity index (χ0n) is 5.34. The van der Waals surface area contributed by atoms with E-state index in [-0.39, 0.29) is 0 Å². The van der Waals surface area contributed by atoms with Gasteiger partial charge >= 0.3 is 0 Å². The molecule has 1 nitrogen and oxygen atoms in total. The number of rotatable bonds is 4. The van der Waals surface area contributed by atoms with Crippen LogP contribution in [-0.4, -0.2) is 6.29 Å². The molecule has 0 aliphatic carbocycles. The quantitative estimate of drug-likeness (QED) is 0.241. The van der Waals surface area contributed by atoms with E-state index in [9.17, 15) is 4.79 Å². The zero-order chi connectivity index (χ0) is 7.11. The largest absolute Gasteiger partial charge is 0.298 e. The maximum atomic E-state index is 10.1. The van der Waals surface area contributed by atoms with Crippen molar-refractivity contribution in [2.24, 2.45) is 0 Å². The van der Waals surface area contributed by atoms with Gasteiger partial charge in [0, 0.05) is 0 Å². The second-order valence-electron chi connectivity index (χ2n) is 1.59. The van der Waals surface area contributed by atoms with Crippen molar-refractivity contribution in [1.29, 1.82) is 0 Å². The maximum absolute atomic E-state index is 10.1. The van der Waals surface area contributed by atoms with E-state index in [1.807, 2.05) is 0 Å². The predicted molar refractivity (Wildman–Crippen MR) is 39.2 cm³/mol. The molecule has 0 rings (SSSR count). The van der Waals surface area contributed by atoms with Gasteiger partial charge in [-0.05, 0) is 12.0 Å². The van der Waals surface area contributed by atoms with Gasteiger partial charge in [-0.2, -0.15) is 0 Å². The van der Waals surface area contributed by atoms with Crippen LogP contribution in [0, 0.1) is 0 Å².